The predicted octanol–water partition coefficient (Wildman–Crippen LogP) is 1.55. The summed E-state index contributed by atoms with van der Waals surface area (Å²) in [5.41, 5.74) is 20.0. The highest BCUT2D eigenvalue weighted by atomic mass is 32.1. The molecule has 0 saturated carbocycles. The van der Waals surface area contributed by atoms with Crippen LogP contribution in [0.2, 0.25) is 0 Å². The predicted molar refractivity (Wildman–Crippen MR) is 161 cm³/mol. The van der Waals surface area contributed by atoms with Crippen LogP contribution in [-0.4, -0.2) is 64.8 Å². The zero-order valence-corrected chi connectivity index (χ0v) is 23.5. The molecular formula is C26H32N12O2S. The molecule has 0 spiro atoms. The van der Waals surface area contributed by atoms with E-state index in [1.54, 1.807) is 37.5 Å². The molecule has 41 heavy (non-hydrogen) atoms. The molecule has 15 heteroatoms. The largest absolute Gasteiger partial charge is 0.388 e. The molecule has 214 valence electrons. The number of rotatable bonds is 12. The van der Waals surface area contributed by atoms with Crippen molar-refractivity contribution in [3.05, 3.63) is 58.2 Å². The minimum absolute atomic E-state index is 0.0428. The second kappa shape index (κ2) is 12.9. The number of amides is 2. The molecule has 3 heterocycles. The molecule has 4 aromatic rings. The van der Waals surface area contributed by atoms with E-state index >= 15 is 0 Å². The Bertz CT molecular complexity index is 1590. The van der Waals surface area contributed by atoms with Gasteiger partial charge < -0.3 is 38.1 Å². The molecule has 0 atom stereocenters. The smallest absolute Gasteiger partial charge is 0.261 e. The van der Waals surface area contributed by atoms with Crippen LogP contribution >= 0.6 is 11.3 Å². The number of carbonyl (C=O) groups is 2. The molecule has 0 aliphatic heterocycles. The van der Waals surface area contributed by atoms with E-state index in [1.165, 1.54) is 11.3 Å². The summed E-state index contributed by atoms with van der Waals surface area (Å²) in [5, 5.41) is 17.4. The van der Waals surface area contributed by atoms with Crippen molar-refractivity contribution in [3.8, 4) is 0 Å². The van der Waals surface area contributed by atoms with Gasteiger partial charge in [-0.05, 0) is 43.2 Å². The summed E-state index contributed by atoms with van der Waals surface area (Å²) in [4.78, 5) is 44.5. The lowest BCUT2D eigenvalue weighted by molar-refractivity contribution is 0.0941. The van der Waals surface area contributed by atoms with Crippen LogP contribution < -0.4 is 38.1 Å². The first-order chi connectivity index (χ1) is 19.7. The minimum atomic E-state index is -0.298. The van der Waals surface area contributed by atoms with Gasteiger partial charge in [-0.25, -0.2) is 9.97 Å². The van der Waals surface area contributed by atoms with Crippen LogP contribution in [0, 0.1) is 5.41 Å². The van der Waals surface area contributed by atoms with Gasteiger partial charge in [0.1, 0.15) is 5.84 Å². The molecule has 4 rings (SSSR count). The summed E-state index contributed by atoms with van der Waals surface area (Å²) in [5.74, 6) is -0.424. The van der Waals surface area contributed by atoms with Crippen molar-refractivity contribution in [2.75, 3.05) is 48.9 Å². The van der Waals surface area contributed by atoms with Gasteiger partial charge in [0.15, 0.2) is 17.0 Å². The summed E-state index contributed by atoms with van der Waals surface area (Å²) in [6.07, 6.45) is 2.96. The van der Waals surface area contributed by atoms with E-state index in [0.29, 0.717) is 65.3 Å². The topological polar surface area (TPSA) is 227 Å². The Balaban J connectivity index is 1.22. The van der Waals surface area contributed by atoms with E-state index in [9.17, 15) is 9.59 Å². The van der Waals surface area contributed by atoms with E-state index < -0.39 is 0 Å². The lowest BCUT2D eigenvalue weighted by Gasteiger charge is -2.16. The number of nitrogens with two attached hydrogens (primary N) is 3. The monoisotopic (exact) mass is 576 g/mol. The summed E-state index contributed by atoms with van der Waals surface area (Å²) in [7, 11) is 3.65. The number of hydrogen-bond acceptors (Lipinski definition) is 12. The van der Waals surface area contributed by atoms with Gasteiger partial charge in [0, 0.05) is 38.4 Å². The number of nitrogens with one attached hydrogen (secondary N) is 4. The number of thiophene rings is 1. The van der Waals surface area contributed by atoms with Crippen molar-refractivity contribution in [1.82, 2.24) is 30.6 Å². The summed E-state index contributed by atoms with van der Waals surface area (Å²) >= 11 is 1.36. The van der Waals surface area contributed by atoms with E-state index in [0.717, 1.165) is 10.7 Å². The molecule has 0 unspecified atom stereocenters. The Morgan fingerprint density at radius 1 is 1.00 bits per heavy atom. The molecule has 0 aliphatic rings. The van der Waals surface area contributed by atoms with Gasteiger partial charge in [0.2, 0.25) is 5.95 Å². The van der Waals surface area contributed by atoms with Crippen LogP contribution in [0.15, 0.2) is 36.5 Å². The Morgan fingerprint density at radius 3 is 2.44 bits per heavy atom. The maximum absolute atomic E-state index is 12.6. The lowest BCUT2D eigenvalue weighted by atomic mass is 10.0. The average Bonchev–Trinajstić information content (AvgIpc) is 3.45. The van der Waals surface area contributed by atoms with Crippen LogP contribution in [0.4, 0.5) is 22.5 Å². The van der Waals surface area contributed by atoms with Gasteiger partial charge in [-0.15, -0.1) is 11.3 Å². The molecule has 1 aromatic carbocycles. The number of fused-ring (bicyclic) bond motifs is 1. The number of carbonyl (C=O) groups excluding carboxylic acids is 2. The van der Waals surface area contributed by atoms with Gasteiger partial charge in [-0.2, -0.15) is 9.97 Å². The SMILES string of the molecule is CNc1ccc(C(=O)NCCCCNC(=O)c2ccc(N(C)Cc3cnc4nc(N)nc(N)c4n3)s2)c(C(=N)N)c1. The van der Waals surface area contributed by atoms with Gasteiger partial charge in [0.05, 0.1) is 33.9 Å². The molecule has 3 aromatic heterocycles. The van der Waals surface area contributed by atoms with Crippen LogP contribution in [0.3, 0.4) is 0 Å². The Kier molecular flexibility index (Phi) is 9.08. The van der Waals surface area contributed by atoms with Crippen molar-refractivity contribution in [2.24, 2.45) is 5.73 Å². The molecule has 0 aliphatic carbocycles. The molecule has 2 amide bonds. The highest BCUT2D eigenvalue weighted by Crippen LogP contribution is 2.26. The molecule has 10 N–H and O–H groups in total. The third-order valence-corrected chi connectivity index (χ3v) is 7.31. The van der Waals surface area contributed by atoms with Gasteiger partial charge >= 0.3 is 0 Å². The highest BCUT2D eigenvalue weighted by Gasteiger charge is 2.15. The van der Waals surface area contributed by atoms with Crippen LogP contribution in [0.1, 0.15) is 44.1 Å². The molecular weight excluding hydrogens is 544 g/mol. The maximum Gasteiger partial charge on any atom is 0.261 e. The fourth-order valence-corrected chi connectivity index (χ4v) is 4.87. The lowest BCUT2D eigenvalue weighted by Crippen LogP contribution is -2.29. The second-order valence-corrected chi connectivity index (χ2v) is 10.2. The average molecular weight is 577 g/mol. The first-order valence-electron chi connectivity index (χ1n) is 12.7. The number of amidine groups is 1. The Hall–Kier alpha value is -5.05. The van der Waals surface area contributed by atoms with Crippen molar-refractivity contribution in [3.63, 3.8) is 0 Å². The zero-order valence-electron chi connectivity index (χ0n) is 22.7. The first-order valence-corrected chi connectivity index (χ1v) is 13.6. The second-order valence-electron chi connectivity index (χ2n) is 9.14. The van der Waals surface area contributed by atoms with Gasteiger partial charge in [-0.1, -0.05) is 0 Å². The quantitative estimate of drug-likeness (QED) is 0.0727. The van der Waals surface area contributed by atoms with Crippen molar-refractivity contribution in [1.29, 1.82) is 5.41 Å². The highest BCUT2D eigenvalue weighted by molar-refractivity contribution is 7.17. The minimum Gasteiger partial charge on any atom is -0.388 e. The number of anilines is 4. The number of hydrogen-bond donors (Lipinski definition) is 7. The zero-order chi connectivity index (χ0) is 29.5. The van der Waals surface area contributed by atoms with E-state index in [1.807, 2.05) is 18.0 Å². The molecule has 0 bridgehead atoms. The number of nitrogen functional groups attached to an aromatic ring is 3. The summed E-state index contributed by atoms with van der Waals surface area (Å²) < 4.78 is 0. The maximum atomic E-state index is 12.6. The summed E-state index contributed by atoms with van der Waals surface area (Å²) in [6.45, 7) is 1.33. The number of unbranched alkanes of at least 4 members (excludes halogenated alkanes) is 1. The molecule has 0 fully saturated rings. The molecule has 14 nitrogen and oxygen atoms in total. The van der Waals surface area contributed by atoms with Gasteiger partial charge in [0.25, 0.3) is 11.8 Å². The third kappa shape index (κ3) is 7.13. The van der Waals surface area contributed by atoms with Crippen molar-refractivity contribution in [2.45, 2.75) is 19.4 Å². The van der Waals surface area contributed by atoms with E-state index in [-0.39, 0.29) is 29.4 Å². The number of benzene rings is 1. The van der Waals surface area contributed by atoms with Crippen LogP contribution in [0.25, 0.3) is 11.2 Å². The fourth-order valence-electron chi connectivity index (χ4n) is 3.99. The first kappa shape index (κ1) is 28.9. The Labute approximate surface area is 240 Å². The van der Waals surface area contributed by atoms with E-state index in [2.05, 4.69) is 35.9 Å². The van der Waals surface area contributed by atoms with E-state index in [4.69, 9.17) is 22.6 Å². The fraction of sp³-hybridized carbons (Fsp3) is 0.269. The molecule has 0 saturated heterocycles. The molecule has 0 radical (unpaired) electrons. The van der Waals surface area contributed by atoms with Crippen LogP contribution in [0.5, 0.6) is 0 Å². The van der Waals surface area contributed by atoms with Gasteiger partial charge in [-0.3, -0.25) is 15.0 Å². The normalized spacial score (nSPS) is 10.8. The number of aromatic nitrogens is 4. The van der Waals surface area contributed by atoms with Crippen molar-refractivity contribution < 1.29 is 9.59 Å². The standard InChI is InChI=1S/C26H32N12O2S/c1-31-14-5-6-16(17(11-14)21(27)28)24(39)32-9-3-4-10-33-25(40)18-7-8-19(41-18)38(2)13-15-12-34-23-20(35-15)22(29)36-26(30)37-23/h5-8,11-12,31H,3-4,9-10,13H2,1-2H3,(H3,27,28)(H,32,39)(H,33,40)(H4,29,30,34,36,37). The third-order valence-electron chi connectivity index (χ3n) is 6.11. The van der Waals surface area contributed by atoms with Crippen molar-refractivity contribution >= 4 is 62.6 Å². The summed E-state index contributed by atoms with van der Waals surface area (Å²) in [6, 6.07) is 8.71. The van der Waals surface area contributed by atoms with Crippen LogP contribution in [-0.2, 0) is 6.54 Å². The Morgan fingerprint density at radius 2 is 1.73 bits per heavy atom. The number of nitrogens with zero attached hydrogens (tertiary/aromatic N) is 5.